The average molecular weight is 246 g/mol. The predicted octanol–water partition coefficient (Wildman–Crippen LogP) is 2.77. The summed E-state index contributed by atoms with van der Waals surface area (Å²) >= 11 is 5.67. The minimum atomic E-state index is -0.313. The number of hydrogen-bond donors (Lipinski definition) is 1. The zero-order valence-corrected chi connectivity index (χ0v) is 10.3. The van der Waals surface area contributed by atoms with E-state index in [1.807, 2.05) is 13.8 Å². The lowest BCUT2D eigenvalue weighted by atomic mass is 10.0. The first kappa shape index (κ1) is 13.4. The van der Waals surface area contributed by atoms with E-state index < -0.39 is 0 Å². The van der Waals surface area contributed by atoms with Gasteiger partial charge in [0.1, 0.15) is 5.82 Å². The summed E-state index contributed by atoms with van der Waals surface area (Å²) in [6.45, 7) is 4.41. The number of halogens is 2. The van der Waals surface area contributed by atoms with Crippen LogP contribution in [0.4, 0.5) is 4.39 Å². The molecule has 1 rings (SSSR count). The Labute approximate surface area is 101 Å². The molecule has 0 saturated carbocycles. The van der Waals surface area contributed by atoms with E-state index in [9.17, 15) is 4.39 Å². The first-order chi connectivity index (χ1) is 7.54. The Morgan fingerprint density at radius 2 is 2.19 bits per heavy atom. The fraction of sp³-hybridized carbons (Fsp3) is 0.500. The molecule has 2 N–H and O–H groups in total. The van der Waals surface area contributed by atoms with Crippen LogP contribution >= 0.6 is 11.6 Å². The van der Waals surface area contributed by atoms with E-state index in [4.69, 9.17) is 22.1 Å². The third-order valence-electron chi connectivity index (χ3n) is 2.50. The van der Waals surface area contributed by atoms with Crippen molar-refractivity contribution < 1.29 is 9.13 Å². The van der Waals surface area contributed by atoms with Crippen LogP contribution in [0.25, 0.3) is 0 Å². The highest BCUT2D eigenvalue weighted by atomic mass is 35.5. The zero-order chi connectivity index (χ0) is 12.1. The van der Waals surface area contributed by atoms with Crippen LogP contribution in [0, 0.1) is 5.82 Å². The molecule has 1 aromatic rings. The molecule has 0 aliphatic heterocycles. The Bertz CT molecular complexity index is 346. The molecular weight excluding hydrogens is 229 g/mol. The van der Waals surface area contributed by atoms with Crippen molar-refractivity contribution >= 4 is 11.6 Å². The summed E-state index contributed by atoms with van der Waals surface area (Å²) in [4.78, 5) is 0. The Morgan fingerprint density at radius 1 is 1.50 bits per heavy atom. The van der Waals surface area contributed by atoms with Crippen LogP contribution in [-0.4, -0.2) is 18.8 Å². The molecule has 0 radical (unpaired) electrons. The maximum atomic E-state index is 13.5. The topological polar surface area (TPSA) is 35.2 Å². The Kier molecular flexibility index (Phi) is 5.19. The van der Waals surface area contributed by atoms with Crippen LogP contribution in [0.3, 0.4) is 0 Å². The van der Waals surface area contributed by atoms with Gasteiger partial charge in [0.05, 0.1) is 6.10 Å². The molecule has 0 amide bonds. The zero-order valence-electron chi connectivity index (χ0n) is 9.54. The molecule has 0 aliphatic rings. The molecule has 2 atom stereocenters. The van der Waals surface area contributed by atoms with E-state index in [0.29, 0.717) is 23.6 Å². The summed E-state index contributed by atoms with van der Waals surface area (Å²) in [5, 5.41) is 0.396. The number of benzene rings is 1. The van der Waals surface area contributed by atoms with Crippen molar-refractivity contribution in [2.24, 2.45) is 5.73 Å². The average Bonchev–Trinajstić information content (AvgIpc) is 2.22. The first-order valence-corrected chi connectivity index (χ1v) is 5.73. The highest BCUT2D eigenvalue weighted by molar-refractivity contribution is 6.30. The van der Waals surface area contributed by atoms with Crippen LogP contribution in [0.15, 0.2) is 18.2 Å². The number of ether oxygens (including phenoxy) is 1. The van der Waals surface area contributed by atoms with E-state index in [0.717, 1.165) is 0 Å². The van der Waals surface area contributed by atoms with Crippen molar-refractivity contribution in [1.29, 1.82) is 0 Å². The summed E-state index contributed by atoms with van der Waals surface area (Å²) in [6.07, 6.45) is 0.365. The fourth-order valence-electron chi connectivity index (χ4n) is 1.49. The molecule has 4 heteroatoms. The van der Waals surface area contributed by atoms with Crippen molar-refractivity contribution in [2.45, 2.75) is 32.4 Å². The summed E-state index contributed by atoms with van der Waals surface area (Å²) in [5.74, 6) is -0.313. The Morgan fingerprint density at radius 3 is 2.75 bits per heavy atom. The molecule has 0 fully saturated rings. The van der Waals surface area contributed by atoms with Gasteiger partial charge in [0, 0.05) is 17.7 Å². The van der Waals surface area contributed by atoms with Gasteiger partial charge < -0.3 is 10.5 Å². The maximum absolute atomic E-state index is 13.5. The highest BCUT2D eigenvalue weighted by Gasteiger charge is 2.15. The number of rotatable bonds is 5. The van der Waals surface area contributed by atoms with Crippen molar-refractivity contribution in [3.05, 3.63) is 34.6 Å². The van der Waals surface area contributed by atoms with E-state index in [2.05, 4.69) is 0 Å². The fourth-order valence-corrected chi connectivity index (χ4v) is 1.65. The smallest absolute Gasteiger partial charge is 0.127 e. The molecule has 2 nitrogen and oxygen atoms in total. The van der Waals surface area contributed by atoms with Gasteiger partial charge in [0.2, 0.25) is 0 Å². The van der Waals surface area contributed by atoms with Gasteiger partial charge in [-0.05, 0) is 38.0 Å². The molecular formula is C12H17ClFNO. The lowest BCUT2D eigenvalue weighted by Crippen LogP contribution is -2.36. The normalized spacial score (nSPS) is 14.8. The van der Waals surface area contributed by atoms with Crippen LogP contribution in [0.5, 0.6) is 0 Å². The maximum Gasteiger partial charge on any atom is 0.127 e. The SMILES string of the molecule is CCOC(C)C(N)Cc1ccc(Cl)cc1F. The largest absolute Gasteiger partial charge is 0.377 e. The molecule has 2 unspecified atom stereocenters. The van der Waals surface area contributed by atoms with E-state index in [-0.39, 0.29) is 18.0 Å². The molecule has 0 aliphatic carbocycles. The quantitative estimate of drug-likeness (QED) is 0.866. The van der Waals surface area contributed by atoms with Crippen molar-refractivity contribution in [2.75, 3.05) is 6.61 Å². The highest BCUT2D eigenvalue weighted by Crippen LogP contribution is 2.16. The van der Waals surface area contributed by atoms with Gasteiger partial charge in [-0.3, -0.25) is 0 Å². The van der Waals surface area contributed by atoms with Crippen molar-refractivity contribution in [3.63, 3.8) is 0 Å². The lowest BCUT2D eigenvalue weighted by molar-refractivity contribution is 0.0575. The van der Waals surface area contributed by atoms with Gasteiger partial charge in [-0.15, -0.1) is 0 Å². The van der Waals surface area contributed by atoms with Gasteiger partial charge >= 0.3 is 0 Å². The molecule has 1 aromatic carbocycles. The van der Waals surface area contributed by atoms with E-state index in [1.54, 1.807) is 12.1 Å². The Hall–Kier alpha value is -0.640. The summed E-state index contributed by atoms with van der Waals surface area (Å²) in [6, 6.07) is 4.42. The number of hydrogen-bond acceptors (Lipinski definition) is 2. The van der Waals surface area contributed by atoms with Gasteiger partial charge in [-0.2, -0.15) is 0 Å². The molecule has 90 valence electrons. The standard InChI is InChI=1S/C12H17ClFNO/c1-3-16-8(2)12(15)6-9-4-5-10(13)7-11(9)14/h4-5,7-8,12H,3,6,15H2,1-2H3. The minimum absolute atomic E-state index is 0.0833. The molecule has 0 bridgehead atoms. The van der Waals surface area contributed by atoms with Gasteiger partial charge in [0.25, 0.3) is 0 Å². The first-order valence-electron chi connectivity index (χ1n) is 5.35. The van der Waals surface area contributed by atoms with Gasteiger partial charge in [0.15, 0.2) is 0 Å². The summed E-state index contributed by atoms with van der Waals surface area (Å²) < 4.78 is 18.8. The van der Waals surface area contributed by atoms with E-state index in [1.165, 1.54) is 6.07 Å². The molecule has 0 aromatic heterocycles. The molecule has 0 saturated heterocycles. The van der Waals surface area contributed by atoms with E-state index >= 15 is 0 Å². The monoisotopic (exact) mass is 245 g/mol. The Balaban J connectivity index is 2.65. The molecule has 0 heterocycles. The van der Waals surface area contributed by atoms with Gasteiger partial charge in [-0.25, -0.2) is 4.39 Å². The minimum Gasteiger partial charge on any atom is -0.377 e. The number of nitrogens with two attached hydrogens (primary N) is 1. The second kappa shape index (κ2) is 6.18. The molecule has 0 spiro atoms. The van der Waals surface area contributed by atoms with Crippen molar-refractivity contribution in [1.82, 2.24) is 0 Å². The summed E-state index contributed by atoms with van der Waals surface area (Å²) in [5.41, 5.74) is 6.49. The lowest BCUT2D eigenvalue weighted by Gasteiger charge is -2.20. The predicted molar refractivity (Wildman–Crippen MR) is 64.2 cm³/mol. The molecule has 16 heavy (non-hydrogen) atoms. The second-order valence-corrected chi connectivity index (χ2v) is 4.20. The summed E-state index contributed by atoms with van der Waals surface area (Å²) in [7, 11) is 0. The third-order valence-corrected chi connectivity index (χ3v) is 2.74. The van der Waals surface area contributed by atoms with Gasteiger partial charge in [-0.1, -0.05) is 17.7 Å². The van der Waals surface area contributed by atoms with Crippen LogP contribution in [0.1, 0.15) is 19.4 Å². The second-order valence-electron chi connectivity index (χ2n) is 3.76. The van der Waals surface area contributed by atoms with Crippen LogP contribution in [-0.2, 0) is 11.2 Å². The van der Waals surface area contributed by atoms with Crippen molar-refractivity contribution in [3.8, 4) is 0 Å². The third kappa shape index (κ3) is 3.74. The van der Waals surface area contributed by atoms with Crippen LogP contribution in [0.2, 0.25) is 5.02 Å². The van der Waals surface area contributed by atoms with Crippen LogP contribution < -0.4 is 5.73 Å².